The predicted molar refractivity (Wildman–Crippen MR) is 104 cm³/mol. The molecule has 0 aliphatic carbocycles. The molecule has 1 unspecified atom stereocenters. The van der Waals surface area contributed by atoms with E-state index in [1.54, 1.807) is 11.6 Å². The molecule has 0 fully saturated rings. The van der Waals surface area contributed by atoms with Crippen LogP contribution in [0, 0.1) is 10.1 Å². The molecule has 10 nitrogen and oxygen atoms in total. The highest BCUT2D eigenvalue weighted by Crippen LogP contribution is 2.23. The summed E-state index contributed by atoms with van der Waals surface area (Å²) in [5, 5.41) is 16.2. The molecule has 0 spiro atoms. The van der Waals surface area contributed by atoms with Gasteiger partial charge in [-0.05, 0) is 5.56 Å². The van der Waals surface area contributed by atoms with Crippen LogP contribution in [0.3, 0.4) is 0 Å². The highest BCUT2D eigenvalue weighted by Gasteiger charge is 2.22. The minimum Gasteiger partial charge on any atom is -0.365 e. The van der Waals surface area contributed by atoms with Gasteiger partial charge in [-0.1, -0.05) is 30.3 Å². The number of hydrogen-bond acceptors (Lipinski definition) is 7. The molecule has 1 aromatic carbocycles. The van der Waals surface area contributed by atoms with E-state index >= 15 is 0 Å². The van der Waals surface area contributed by atoms with Crippen molar-refractivity contribution >= 4 is 28.8 Å². The highest BCUT2D eigenvalue weighted by molar-refractivity contribution is 7.09. The van der Waals surface area contributed by atoms with Crippen LogP contribution in [0.4, 0.5) is 5.69 Å². The van der Waals surface area contributed by atoms with Crippen molar-refractivity contribution in [3.8, 4) is 0 Å². The molecule has 148 valence electrons. The lowest BCUT2D eigenvalue weighted by atomic mass is 10.1. The van der Waals surface area contributed by atoms with Gasteiger partial charge in [0.15, 0.2) is 0 Å². The summed E-state index contributed by atoms with van der Waals surface area (Å²) >= 11 is 1.35. The number of thiazole rings is 1. The van der Waals surface area contributed by atoms with E-state index in [0.717, 1.165) is 22.4 Å². The van der Waals surface area contributed by atoms with Gasteiger partial charge in [0.25, 0.3) is 17.2 Å². The van der Waals surface area contributed by atoms with Gasteiger partial charge in [-0.3, -0.25) is 29.1 Å². The number of carbonyl (C=O) groups is 2. The standard InChI is InChI=1S/C18H15N5O5S/c19-16(25)13-8-12(23(27)28)9-22(18(13)26)10-14(24)21-15(17-20-6-7-29-17)11-4-2-1-3-5-11/h1-9,15H,10H2,(H2,19,25)(H,21,24). The summed E-state index contributed by atoms with van der Waals surface area (Å²) in [6, 6.07) is 9.32. The third kappa shape index (κ3) is 4.52. The van der Waals surface area contributed by atoms with Crippen LogP contribution >= 0.6 is 11.3 Å². The summed E-state index contributed by atoms with van der Waals surface area (Å²) in [6.45, 7) is -0.532. The SMILES string of the molecule is NC(=O)c1cc([N+](=O)[O-])cn(CC(=O)NC(c2ccccc2)c2nccs2)c1=O. The number of pyridine rings is 1. The number of amides is 2. The Morgan fingerprint density at radius 1 is 1.31 bits per heavy atom. The molecule has 29 heavy (non-hydrogen) atoms. The minimum absolute atomic E-state index is 0.522. The fraction of sp³-hybridized carbons (Fsp3) is 0.111. The van der Waals surface area contributed by atoms with Crippen LogP contribution < -0.4 is 16.6 Å². The molecule has 0 aliphatic heterocycles. The molecule has 3 rings (SSSR count). The van der Waals surface area contributed by atoms with Crippen LogP contribution in [-0.2, 0) is 11.3 Å². The largest absolute Gasteiger partial charge is 0.365 e. The number of nitro groups is 1. The Labute approximate surface area is 167 Å². The lowest BCUT2D eigenvalue weighted by Gasteiger charge is -2.17. The normalized spacial score (nSPS) is 11.6. The van der Waals surface area contributed by atoms with E-state index in [-0.39, 0.29) is 0 Å². The van der Waals surface area contributed by atoms with Crippen LogP contribution in [0.15, 0.2) is 59.0 Å². The van der Waals surface area contributed by atoms with Crippen LogP contribution in [0.25, 0.3) is 0 Å². The van der Waals surface area contributed by atoms with Crippen LogP contribution in [0.5, 0.6) is 0 Å². The van der Waals surface area contributed by atoms with Crippen molar-refractivity contribution in [2.75, 3.05) is 0 Å². The molecule has 2 heterocycles. The first-order chi connectivity index (χ1) is 13.9. The number of primary amides is 1. The number of aromatic nitrogens is 2. The Kier molecular flexibility index (Phi) is 5.79. The number of benzene rings is 1. The van der Waals surface area contributed by atoms with Crippen LogP contribution in [0.2, 0.25) is 0 Å². The van der Waals surface area contributed by atoms with Crippen molar-refractivity contribution in [1.82, 2.24) is 14.9 Å². The first-order valence-corrected chi connectivity index (χ1v) is 9.17. The average molecular weight is 413 g/mol. The third-order valence-electron chi connectivity index (χ3n) is 4.00. The fourth-order valence-corrected chi connectivity index (χ4v) is 3.40. The summed E-state index contributed by atoms with van der Waals surface area (Å²) in [7, 11) is 0. The summed E-state index contributed by atoms with van der Waals surface area (Å²) in [5.74, 6) is -1.70. The molecule has 2 aromatic heterocycles. The van der Waals surface area contributed by atoms with Gasteiger partial charge in [-0.15, -0.1) is 11.3 Å². The second-order valence-electron chi connectivity index (χ2n) is 5.95. The van der Waals surface area contributed by atoms with E-state index in [9.17, 15) is 24.5 Å². The molecule has 0 saturated carbocycles. The number of nitrogens with two attached hydrogens (primary N) is 1. The number of nitrogens with one attached hydrogen (secondary N) is 1. The Hall–Kier alpha value is -3.86. The number of carbonyl (C=O) groups excluding carboxylic acids is 2. The Morgan fingerprint density at radius 3 is 2.62 bits per heavy atom. The number of hydrogen-bond donors (Lipinski definition) is 2. The van der Waals surface area contributed by atoms with Gasteiger partial charge in [0.1, 0.15) is 23.2 Å². The zero-order chi connectivity index (χ0) is 21.0. The topological polar surface area (TPSA) is 150 Å². The van der Waals surface area contributed by atoms with Gasteiger partial charge in [-0.25, -0.2) is 4.98 Å². The molecular weight excluding hydrogens is 398 g/mol. The Morgan fingerprint density at radius 2 is 2.03 bits per heavy atom. The first kappa shape index (κ1) is 19.9. The maximum absolute atomic E-state index is 12.6. The molecular formula is C18H15N5O5S. The van der Waals surface area contributed by atoms with E-state index in [2.05, 4.69) is 10.3 Å². The van der Waals surface area contributed by atoms with Gasteiger partial charge in [0, 0.05) is 17.6 Å². The monoisotopic (exact) mass is 413 g/mol. The van der Waals surface area contributed by atoms with Gasteiger partial charge >= 0.3 is 0 Å². The predicted octanol–water partition coefficient (Wildman–Crippen LogP) is 1.22. The lowest BCUT2D eigenvalue weighted by Crippen LogP contribution is -2.37. The molecule has 11 heteroatoms. The summed E-state index contributed by atoms with van der Waals surface area (Å²) in [5.41, 5.74) is 3.93. The average Bonchev–Trinajstić information content (AvgIpc) is 3.22. The molecule has 0 aliphatic rings. The number of rotatable bonds is 7. The van der Waals surface area contributed by atoms with Gasteiger partial charge in [0.05, 0.1) is 11.1 Å². The highest BCUT2D eigenvalue weighted by atomic mass is 32.1. The van der Waals surface area contributed by atoms with E-state index in [1.807, 2.05) is 30.3 Å². The summed E-state index contributed by atoms with van der Waals surface area (Å²) in [6.07, 6.45) is 2.50. The molecule has 3 aromatic rings. The van der Waals surface area contributed by atoms with Crippen molar-refractivity contribution < 1.29 is 14.5 Å². The fourth-order valence-electron chi connectivity index (χ4n) is 2.69. The second-order valence-corrected chi connectivity index (χ2v) is 6.87. The van der Waals surface area contributed by atoms with E-state index in [0.29, 0.717) is 5.01 Å². The van der Waals surface area contributed by atoms with Crippen LogP contribution in [-0.4, -0.2) is 26.3 Å². The van der Waals surface area contributed by atoms with Crippen molar-refractivity contribution in [1.29, 1.82) is 0 Å². The molecule has 1 atom stereocenters. The van der Waals surface area contributed by atoms with Gasteiger partial charge in [0.2, 0.25) is 5.91 Å². The molecule has 0 bridgehead atoms. The van der Waals surface area contributed by atoms with E-state index in [4.69, 9.17) is 5.73 Å². The first-order valence-electron chi connectivity index (χ1n) is 8.29. The van der Waals surface area contributed by atoms with Crippen molar-refractivity contribution in [2.24, 2.45) is 5.73 Å². The minimum atomic E-state index is -1.11. The van der Waals surface area contributed by atoms with Crippen molar-refractivity contribution in [3.05, 3.63) is 90.8 Å². The summed E-state index contributed by atoms with van der Waals surface area (Å²) < 4.78 is 0.789. The summed E-state index contributed by atoms with van der Waals surface area (Å²) in [4.78, 5) is 50.9. The van der Waals surface area contributed by atoms with E-state index in [1.165, 1.54) is 11.3 Å². The van der Waals surface area contributed by atoms with Crippen molar-refractivity contribution in [3.63, 3.8) is 0 Å². The molecule has 3 N–H and O–H groups in total. The molecule has 0 radical (unpaired) electrons. The zero-order valence-corrected chi connectivity index (χ0v) is 15.7. The van der Waals surface area contributed by atoms with Crippen LogP contribution in [0.1, 0.15) is 27.0 Å². The Bertz CT molecular complexity index is 1110. The Balaban J connectivity index is 1.90. The quantitative estimate of drug-likeness (QED) is 0.439. The van der Waals surface area contributed by atoms with Gasteiger partial charge < -0.3 is 11.1 Å². The maximum Gasteiger partial charge on any atom is 0.286 e. The molecule has 0 saturated heterocycles. The van der Waals surface area contributed by atoms with Crippen molar-refractivity contribution in [2.45, 2.75) is 12.6 Å². The van der Waals surface area contributed by atoms with Gasteiger partial charge in [-0.2, -0.15) is 0 Å². The molecule has 2 amide bonds. The second kappa shape index (κ2) is 8.44. The van der Waals surface area contributed by atoms with E-state index < -0.39 is 46.1 Å². The lowest BCUT2D eigenvalue weighted by molar-refractivity contribution is -0.385. The maximum atomic E-state index is 12.6. The smallest absolute Gasteiger partial charge is 0.286 e. The third-order valence-corrected chi connectivity index (χ3v) is 4.84. The number of nitrogens with zero attached hydrogens (tertiary/aromatic N) is 3. The zero-order valence-electron chi connectivity index (χ0n) is 14.8.